The van der Waals surface area contributed by atoms with Crippen LogP contribution in [0.15, 0.2) is 48.8 Å². The molecule has 0 radical (unpaired) electrons. The molecular weight excluding hydrogens is 615 g/mol. The molecule has 14 nitrogen and oxygen atoms in total. The molecule has 1 unspecified atom stereocenters. The lowest BCUT2D eigenvalue weighted by Gasteiger charge is -2.53. The summed E-state index contributed by atoms with van der Waals surface area (Å²) in [5.74, 6) is -1.12. The number of rotatable bonds is 10. The number of nitrogen functional groups attached to an aromatic ring is 1. The van der Waals surface area contributed by atoms with Crippen LogP contribution in [0, 0.1) is 16.7 Å². The number of aromatic nitrogens is 3. The number of anilines is 1. The first-order chi connectivity index (χ1) is 21.9. The van der Waals surface area contributed by atoms with Crippen LogP contribution in [0.2, 0.25) is 0 Å². The van der Waals surface area contributed by atoms with Gasteiger partial charge in [0.1, 0.15) is 54.1 Å². The fourth-order valence-corrected chi connectivity index (χ4v) is 8.48. The Morgan fingerprint density at radius 2 is 1.96 bits per heavy atom. The Labute approximate surface area is 266 Å². The van der Waals surface area contributed by atoms with Crippen LogP contribution >= 0.6 is 7.75 Å². The highest BCUT2D eigenvalue weighted by Gasteiger charge is 2.65. The molecule has 1 spiro atoms. The lowest BCUT2D eigenvalue weighted by Crippen LogP contribution is -2.49. The number of fused-ring (bicyclic) bond motifs is 2. The zero-order chi connectivity index (χ0) is 32.3. The summed E-state index contributed by atoms with van der Waals surface area (Å²) in [6.07, 6.45) is 3.77. The second kappa shape index (κ2) is 11.3. The smallest absolute Gasteiger partial charge is 0.459 e. The van der Waals surface area contributed by atoms with Crippen LogP contribution in [0.5, 0.6) is 5.75 Å². The number of carbonyl (C=O) groups is 1. The summed E-state index contributed by atoms with van der Waals surface area (Å²) in [5.41, 5.74) is 5.53. The molecular formula is C31H37N6O8P. The van der Waals surface area contributed by atoms with Crippen LogP contribution in [0.25, 0.3) is 5.52 Å². The summed E-state index contributed by atoms with van der Waals surface area (Å²) in [7, 11) is -4.23. The molecule has 7 rings (SSSR count). The molecule has 244 valence electrons. The molecule has 4 aliphatic rings. The Morgan fingerprint density at radius 1 is 1.20 bits per heavy atom. The minimum Gasteiger partial charge on any atom is -0.461 e. The summed E-state index contributed by atoms with van der Waals surface area (Å²) in [5, 5.41) is 17.7. The molecule has 2 aromatic heterocycles. The fraction of sp³-hybridized carbons (Fsp3) is 0.548. The van der Waals surface area contributed by atoms with Gasteiger partial charge in [0.25, 0.3) is 0 Å². The summed E-state index contributed by atoms with van der Waals surface area (Å²) >= 11 is 0. The molecule has 2 saturated carbocycles. The lowest BCUT2D eigenvalue weighted by molar-refractivity contribution is -0.204. The molecule has 4 heterocycles. The SMILES string of the molecule is C[C@H](NP(=O)(OC[C@H]1O[C@@](C#N)(c2ccc3c(N)ncnn23)[C@@H]2OC(C)(C)O[C@@H]21)Oc1ccccc1)C(=O)OC1CC2(CCC2)C1. The number of para-hydroxylation sites is 1. The summed E-state index contributed by atoms with van der Waals surface area (Å²) in [6, 6.07) is 13.1. The number of nitrogens with one attached hydrogen (secondary N) is 1. The second-order valence-corrected chi connectivity index (χ2v) is 14.7. The highest BCUT2D eigenvalue weighted by Crippen LogP contribution is 2.57. The number of ether oxygens (including phenoxy) is 4. The molecule has 2 aliphatic carbocycles. The topological polar surface area (TPSA) is 182 Å². The van der Waals surface area contributed by atoms with Crippen molar-refractivity contribution in [2.75, 3.05) is 12.3 Å². The lowest BCUT2D eigenvalue weighted by atomic mass is 9.55. The van der Waals surface area contributed by atoms with E-state index in [1.165, 1.54) is 30.1 Å². The number of hydrogen-bond donors (Lipinski definition) is 2. The number of nitrogens with two attached hydrogens (primary N) is 1. The molecule has 0 amide bonds. The van der Waals surface area contributed by atoms with Crippen molar-refractivity contribution in [3.8, 4) is 11.8 Å². The summed E-state index contributed by atoms with van der Waals surface area (Å²) < 4.78 is 52.1. The Hall–Kier alpha value is -3.57. The van der Waals surface area contributed by atoms with E-state index in [1.807, 2.05) is 0 Å². The van der Waals surface area contributed by atoms with Crippen LogP contribution in [-0.2, 0) is 38.4 Å². The van der Waals surface area contributed by atoms with E-state index in [1.54, 1.807) is 63.2 Å². The maximum atomic E-state index is 14.3. The largest absolute Gasteiger partial charge is 0.461 e. The average Bonchev–Trinajstić information content (AvgIpc) is 3.64. The standard InChI is InChI=1S/C31H37N6O8P/c1-19(28(38)41-21-14-30(15-21)12-7-13-30)36-46(39,45-20-8-5-4-6-9-20)40-16-23-25-26(44-29(2,3)43-25)31(17-32,42-23)24-11-10-22-27(33)34-18-35-37(22)24/h4-6,8-11,18-19,21,23,25-26H,7,12-16H2,1-3H3,(H,36,39)(H2,33,34,35)/t19-,23+,25+,26+,31-,46?/m0/s1. The predicted molar refractivity (Wildman–Crippen MR) is 162 cm³/mol. The maximum absolute atomic E-state index is 14.3. The molecule has 15 heteroatoms. The summed E-state index contributed by atoms with van der Waals surface area (Å²) in [6.45, 7) is 4.67. The molecule has 2 saturated heterocycles. The molecule has 46 heavy (non-hydrogen) atoms. The van der Waals surface area contributed by atoms with Gasteiger partial charge in [-0.05, 0) is 76.1 Å². The van der Waals surface area contributed by atoms with Crippen molar-refractivity contribution in [1.29, 1.82) is 5.26 Å². The van der Waals surface area contributed by atoms with Gasteiger partial charge in [0.2, 0.25) is 5.60 Å². The van der Waals surface area contributed by atoms with Gasteiger partial charge in [-0.2, -0.15) is 15.4 Å². The second-order valence-electron chi connectivity index (χ2n) is 13.1. The zero-order valence-electron chi connectivity index (χ0n) is 25.8. The molecule has 2 aliphatic heterocycles. The quantitative estimate of drug-likeness (QED) is 0.237. The molecule has 1 aromatic carbocycles. The third-order valence-corrected chi connectivity index (χ3v) is 11.0. The Balaban J connectivity index is 1.12. The predicted octanol–water partition coefficient (Wildman–Crippen LogP) is 4.01. The van der Waals surface area contributed by atoms with Crippen LogP contribution in [0.3, 0.4) is 0 Å². The van der Waals surface area contributed by atoms with E-state index in [9.17, 15) is 14.6 Å². The van der Waals surface area contributed by atoms with Gasteiger partial charge in [-0.1, -0.05) is 24.6 Å². The molecule has 3 aromatic rings. The van der Waals surface area contributed by atoms with Crippen LogP contribution in [0.1, 0.15) is 58.6 Å². The first kappa shape index (κ1) is 31.1. The summed E-state index contributed by atoms with van der Waals surface area (Å²) in [4.78, 5) is 17.1. The number of nitriles is 1. The molecule has 4 fully saturated rings. The van der Waals surface area contributed by atoms with Gasteiger partial charge in [-0.3, -0.25) is 9.32 Å². The van der Waals surface area contributed by atoms with E-state index in [0.717, 1.165) is 12.8 Å². The highest BCUT2D eigenvalue weighted by atomic mass is 31.2. The maximum Gasteiger partial charge on any atom is 0.459 e. The van der Waals surface area contributed by atoms with Gasteiger partial charge in [-0.15, -0.1) is 0 Å². The fourth-order valence-electron chi connectivity index (χ4n) is 6.98. The Morgan fingerprint density at radius 3 is 2.65 bits per heavy atom. The molecule has 0 bridgehead atoms. The van der Waals surface area contributed by atoms with Crippen molar-refractivity contribution in [3.05, 3.63) is 54.5 Å². The third kappa shape index (κ3) is 5.45. The van der Waals surface area contributed by atoms with Crippen molar-refractivity contribution in [2.24, 2.45) is 5.41 Å². The van der Waals surface area contributed by atoms with Gasteiger partial charge in [0.15, 0.2) is 11.6 Å². The minimum absolute atomic E-state index is 0.149. The van der Waals surface area contributed by atoms with E-state index < -0.39 is 49.5 Å². The number of nitrogens with zero attached hydrogens (tertiary/aromatic N) is 4. The molecule has 6 atom stereocenters. The first-order valence-corrected chi connectivity index (χ1v) is 17.0. The number of benzene rings is 1. The van der Waals surface area contributed by atoms with Crippen LogP contribution in [0.4, 0.5) is 5.82 Å². The van der Waals surface area contributed by atoms with Crippen molar-refractivity contribution >= 4 is 25.1 Å². The van der Waals surface area contributed by atoms with Crippen molar-refractivity contribution in [3.63, 3.8) is 0 Å². The van der Waals surface area contributed by atoms with E-state index in [2.05, 4.69) is 21.2 Å². The van der Waals surface area contributed by atoms with Crippen molar-refractivity contribution in [1.82, 2.24) is 19.7 Å². The minimum atomic E-state index is -4.23. The van der Waals surface area contributed by atoms with Gasteiger partial charge in [0.05, 0.1) is 12.3 Å². The number of carbonyl (C=O) groups excluding carboxylic acids is 1. The monoisotopic (exact) mass is 652 g/mol. The van der Waals surface area contributed by atoms with Gasteiger partial charge < -0.3 is 29.2 Å². The molecule has 3 N–H and O–H groups in total. The zero-order valence-corrected chi connectivity index (χ0v) is 26.7. The van der Waals surface area contributed by atoms with Crippen LogP contribution in [-0.4, -0.2) is 63.4 Å². The van der Waals surface area contributed by atoms with E-state index in [-0.39, 0.29) is 24.3 Å². The van der Waals surface area contributed by atoms with E-state index in [0.29, 0.717) is 16.6 Å². The highest BCUT2D eigenvalue weighted by molar-refractivity contribution is 7.52. The van der Waals surface area contributed by atoms with E-state index >= 15 is 0 Å². The van der Waals surface area contributed by atoms with Crippen molar-refractivity contribution < 1.29 is 37.4 Å². The Kier molecular flexibility index (Phi) is 7.62. The van der Waals surface area contributed by atoms with Gasteiger partial charge >= 0.3 is 13.7 Å². The average molecular weight is 653 g/mol. The number of hydrogen-bond acceptors (Lipinski definition) is 12. The first-order valence-electron chi connectivity index (χ1n) is 15.4. The number of esters is 1. The van der Waals surface area contributed by atoms with E-state index in [4.69, 9.17) is 33.7 Å². The van der Waals surface area contributed by atoms with Crippen LogP contribution < -0.4 is 15.3 Å². The Bertz CT molecular complexity index is 1720. The normalized spacial score (nSPS) is 29.7. The van der Waals surface area contributed by atoms with Crippen molar-refractivity contribution in [2.45, 2.75) is 94.7 Å². The van der Waals surface area contributed by atoms with Gasteiger partial charge in [-0.25, -0.2) is 14.1 Å². The van der Waals surface area contributed by atoms with Gasteiger partial charge in [0, 0.05) is 0 Å². The third-order valence-electron chi connectivity index (χ3n) is 9.36.